The second-order valence-electron chi connectivity index (χ2n) is 7.43. The van der Waals surface area contributed by atoms with Gasteiger partial charge >= 0.3 is 0 Å². The van der Waals surface area contributed by atoms with E-state index in [-0.39, 0.29) is 6.17 Å². The maximum atomic E-state index is 9.54. The molecule has 1 aliphatic rings. The van der Waals surface area contributed by atoms with Crippen molar-refractivity contribution in [2.75, 3.05) is 16.8 Å². The summed E-state index contributed by atoms with van der Waals surface area (Å²) in [6, 6.07) is 20.2. The van der Waals surface area contributed by atoms with Crippen molar-refractivity contribution in [3.63, 3.8) is 0 Å². The van der Waals surface area contributed by atoms with Crippen LogP contribution in [0.15, 0.2) is 52.9 Å². The van der Waals surface area contributed by atoms with Gasteiger partial charge in [0.05, 0.1) is 28.2 Å². The van der Waals surface area contributed by atoms with Crippen LogP contribution in [0.25, 0.3) is 21.9 Å². The average molecular weight is 378 g/mol. The van der Waals surface area contributed by atoms with E-state index in [4.69, 9.17) is 4.42 Å². The van der Waals surface area contributed by atoms with Crippen molar-refractivity contribution < 1.29 is 4.42 Å². The topological polar surface area (TPSA) is 67.2 Å². The zero-order chi connectivity index (χ0) is 20.3. The number of rotatable bonds is 1. The lowest BCUT2D eigenvalue weighted by Crippen LogP contribution is -2.36. The molecule has 0 bridgehead atoms. The van der Waals surface area contributed by atoms with Gasteiger partial charge in [0.2, 0.25) is 0 Å². The molecule has 1 aromatic heterocycles. The fraction of sp³-hybridized carbons (Fsp3) is 0.167. The Balaban J connectivity index is 1.84. The Kier molecular flexibility index (Phi) is 3.56. The Morgan fingerprint density at radius 1 is 0.931 bits per heavy atom. The number of nitriles is 2. The quantitative estimate of drug-likeness (QED) is 0.433. The third-order valence-electron chi connectivity index (χ3n) is 5.89. The van der Waals surface area contributed by atoms with Gasteiger partial charge in [-0.05, 0) is 37.6 Å². The van der Waals surface area contributed by atoms with E-state index in [1.807, 2.05) is 31.3 Å². The Labute approximate surface area is 168 Å². The summed E-state index contributed by atoms with van der Waals surface area (Å²) in [5.41, 5.74) is 6.39. The monoisotopic (exact) mass is 378 g/mol. The molecule has 3 aromatic carbocycles. The lowest BCUT2D eigenvalue weighted by molar-refractivity contribution is 0.661. The van der Waals surface area contributed by atoms with Crippen LogP contribution in [0.1, 0.15) is 23.6 Å². The molecule has 1 aliphatic heterocycles. The van der Waals surface area contributed by atoms with E-state index in [1.165, 1.54) is 0 Å². The third-order valence-corrected chi connectivity index (χ3v) is 5.89. The number of furan rings is 1. The minimum Gasteiger partial charge on any atom is -0.454 e. The summed E-state index contributed by atoms with van der Waals surface area (Å²) in [5, 5.41) is 21.1. The first kappa shape index (κ1) is 17.2. The minimum absolute atomic E-state index is 0.00278. The Bertz CT molecular complexity index is 1390. The Hall–Kier alpha value is -3.96. The summed E-state index contributed by atoms with van der Waals surface area (Å²) < 4.78 is 6.30. The van der Waals surface area contributed by atoms with E-state index in [1.54, 1.807) is 6.07 Å². The van der Waals surface area contributed by atoms with Crippen molar-refractivity contribution in [3.05, 3.63) is 65.2 Å². The summed E-state index contributed by atoms with van der Waals surface area (Å²) in [6.45, 7) is 4.18. The molecule has 0 radical (unpaired) electrons. The molecule has 0 amide bonds. The molecule has 4 aromatic rings. The molecule has 0 N–H and O–H groups in total. The SMILES string of the molecule is Cc1ccc2c(oc3ccccc32)c1N1c2cc(C#N)c(C#N)cc2N(C)[C@@H]1C. The molecular formula is C24H18N4O. The molecule has 140 valence electrons. The summed E-state index contributed by atoms with van der Waals surface area (Å²) in [6.07, 6.45) is 0.00278. The van der Waals surface area contributed by atoms with Crippen molar-refractivity contribution in [2.24, 2.45) is 0 Å². The maximum absolute atomic E-state index is 9.54. The molecule has 5 rings (SSSR count). The average Bonchev–Trinajstić information content (AvgIpc) is 3.23. The Morgan fingerprint density at radius 2 is 1.62 bits per heavy atom. The number of para-hydroxylation sites is 1. The minimum atomic E-state index is 0.00278. The molecule has 29 heavy (non-hydrogen) atoms. The summed E-state index contributed by atoms with van der Waals surface area (Å²) in [4.78, 5) is 4.33. The molecule has 0 unspecified atom stereocenters. The van der Waals surface area contributed by atoms with Crippen LogP contribution in [0, 0.1) is 29.6 Å². The molecule has 0 saturated carbocycles. The van der Waals surface area contributed by atoms with Crippen LogP contribution in [-0.4, -0.2) is 13.2 Å². The smallest absolute Gasteiger partial charge is 0.159 e. The fourth-order valence-corrected chi connectivity index (χ4v) is 4.29. The molecule has 5 heteroatoms. The van der Waals surface area contributed by atoms with Crippen LogP contribution in [-0.2, 0) is 0 Å². The van der Waals surface area contributed by atoms with Crippen LogP contribution >= 0.6 is 0 Å². The van der Waals surface area contributed by atoms with Crippen LogP contribution in [0.5, 0.6) is 0 Å². The van der Waals surface area contributed by atoms with Crippen LogP contribution in [0.2, 0.25) is 0 Å². The highest BCUT2D eigenvalue weighted by molar-refractivity contribution is 6.10. The molecule has 1 atom stereocenters. The standard InChI is InChI=1S/C24H18N4O/c1-14-8-9-19-18-6-4-5-7-22(18)29-24(19)23(14)28-15(2)27(3)20-10-16(12-25)17(13-26)11-21(20)28/h4-11,15H,1-3H3/t15-/m0/s1. The van der Waals surface area contributed by atoms with Gasteiger partial charge in [0.15, 0.2) is 5.58 Å². The zero-order valence-corrected chi connectivity index (χ0v) is 16.4. The number of nitrogens with zero attached hydrogens (tertiary/aromatic N) is 4. The molecule has 0 aliphatic carbocycles. The molecule has 5 nitrogen and oxygen atoms in total. The van der Waals surface area contributed by atoms with E-state index in [0.29, 0.717) is 11.1 Å². The van der Waals surface area contributed by atoms with E-state index in [0.717, 1.165) is 44.6 Å². The van der Waals surface area contributed by atoms with Crippen LogP contribution in [0.3, 0.4) is 0 Å². The summed E-state index contributed by atoms with van der Waals surface area (Å²) >= 11 is 0. The van der Waals surface area contributed by atoms with Crippen molar-refractivity contribution in [2.45, 2.75) is 20.0 Å². The number of anilines is 3. The first-order valence-corrected chi connectivity index (χ1v) is 9.46. The van der Waals surface area contributed by atoms with Gasteiger partial charge < -0.3 is 14.2 Å². The normalized spacial score (nSPS) is 15.6. The van der Waals surface area contributed by atoms with Crippen molar-refractivity contribution >= 4 is 39.0 Å². The largest absolute Gasteiger partial charge is 0.454 e. The van der Waals surface area contributed by atoms with Crippen molar-refractivity contribution in [1.29, 1.82) is 10.5 Å². The van der Waals surface area contributed by atoms with Gasteiger partial charge in [-0.15, -0.1) is 0 Å². The first-order valence-electron chi connectivity index (χ1n) is 9.46. The van der Waals surface area contributed by atoms with Gasteiger partial charge in [-0.25, -0.2) is 0 Å². The fourth-order valence-electron chi connectivity index (χ4n) is 4.29. The van der Waals surface area contributed by atoms with Crippen molar-refractivity contribution in [3.8, 4) is 12.1 Å². The highest BCUT2D eigenvalue weighted by atomic mass is 16.3. The number of hydrogen-bond acceptors (Lipinski definition) is 5. The second-order valence-corrected chi connectivity index (χ2v) is 7.43. The van der Waals surface area contributed by atoms with Gasteiger partial charge in [-0.2, -0.15) is 10.5 Å². The first-order chi connectivity index (χ1) is 14.0. The lowest BCUT2D eigenvalue weighted by Gasteiger charge is -2.29. The van der Waals surface area contributed by atoms with Crippen LogP contribution in [0.4, 0.5) is 17.1 Å². The second kappa shape index (κ2) is 6.02. The van der Waals surface area contributed by atoms with Gasteiger partial charge in [-0.3, -0.25) is 0 Å². The van der Waals surface area contributed by atoms with E-state index < -0.39 is 0 Å². The predicted molar refractivity (Wildman–Crippen MR) is 114 cm³/mol. The third kappa shape index (κ3) is 2.25. The Morgan fingerprint density at radius 3 is 2.34 bits per heavy atom. The van der Waals surface area contributed by atoms with Crippen molar-refractivity contribution in [1.82, 2.24) is 0 Å². The lowest BCUT2D eigenvalue weighted by atomic mass is 10.0. The molecule has 0 saturated heterocycles. The van der Waals surface area contributed by atoms with E-state index >= 15 is 0 Å². The molecule has 0 spiro atoms. The number of benzene rings is 3. The van der Waals surface area contributed by atoms with Gasteiger partial charge in [0.25, 0.3) is 0 Å². The predicted octanol–water partition coefficient (Wildman–Crippen LogP) is 5.57. The number of aryl methyl sites for hydroxylation is 1. The number of fused-ring (bicyclic) bond motifs is 4. The zero-order valence-electron chi connectivity index (χ0n) is 16.4. The van der Waals surface area contributed by atoms with E-state index in [2.05, 4.69) is 54.0 Å². The molecule has 2 heterocycles. The van der Waals surface area contributed by atoms with E-state index in [9.17, 15) is 10.5 Å². The molecule has 0 fully saturated rings. The molecular weight excluding hydrogens is 360 g/mol. The summed E-state index contributed by atoms with van der Waals surface area (Å²) in [7, 11) is 2.00. The van der Waals surface area contributed by atoms with Gasteiger partial charge in [-0.1, -0.05) is 30.3 Å². The maximum Gasteiger partial charge on any atom is 0.159 e. The number of hydrogen-bond donors (Lipinski definition) is 0. The highest BCUT2D eigenvalue weighted by Gasteiger charge is 2.35. The van der Waals surface area contributed by atoms with Gasteiger partial charge in [0, 0.05) is 17.8 Å². The van der Waals surface area contributed by atoms with Crippen LogP contribution < -0.4 is 9.80 Å². The summed E-state index contributed by atoms with van der Waals surface area (Å²) in [5.74, 6) is 0. The van der Waals surface area contributed by atoms with Gasteiger partial charge in [0.1, 0.15) is 23.9 Å². The highest BCUT2D eigenvalue weighted by Crippen LogP contribution is 2.48.